The van der Waals surface area contributed by atoms with Crippen molar-refractivity contribution in [2.75, 3.05) is 0 Å². The van der Waals surface area contributed by atoms with E-state index < -0.39 is 5.97 Å². The molecule has 1 N–H and O–H groups in total. The highest BCUT2D eigenvalue weighted by Crippen LogP contribution is 2.30. The Balaban J connectivity index is 2.27. The van der Waals surface area contributed by atoms with Crippen LogP contribution in [-0.4, -0.2) is 11.1 Å². The van der Waals surface area contributed by atoms with Crippen LogP contribution < -0.4 is 4.74 Å². The van der Waals surface area contributed by atoms with Crippen LogP contribution in [0.4, 0.5) is 0 Å². The largest absolute Gasteiger partial charge is 0.478 e. The molecule has 2 rings (SSSR count). The van der Waals surface area contributed by atoms with Gasteiger partial charge in [0.05, 0.1) is 10.0 Å². The van der Waals surface area contributed by atoms with Crippen molar-refractivity contribution < 1.29 is 14.6 Å². The molecular formula is C14H11BrO3. The van der Waals surface area contributed by atoms with Crippen LogP contribution in [0, 0.1) is 6.92 Å². The maximum atomic E-state index is 10.8. The van der Waals surface area contributed by atoms with Gasteiger partial charge in [-0.15, -0.1) is 0 Å². The van der Waals surface area contributed by atoms with E-state index in [9.17, 15) is 4.79 Å². The summed E-state index contributed by atoms with van der Waals surface area (Å²) in [5, 5.41) is 8.86. The second-order valence-electron chi connectivity index (χ2n) is 3.87. The summed E-state index contributed by atoms with van der Waals surface area (Å²) >= 11 is 3.30. The first-order valence-corrected chi connectivity index (χ1v) is 6.13. The Morgan fingerprint density at radius 3 is 2.61 bits per heavy atom. The highest BCUT2D eigenvalue weighted by atomic mass is 79.9. The first kappa shape index (κ1) is 12.6. The number of ether oxygens (including phenoxy) is 1. The molecule has 2 aromatic carbocycles. The summed E-state index contributed by atoms with van der Waals surface area (Å²) in [5.41, 5.74) is 1.32. The van der Waals surface area contributed by atoms with Gasteiger partial charge in [0.2, 0.25) is 0 Å². The van der Waals surface area contributed by atoms with Crippen LogP contribution in [-0.2, 0) is 0 Å². The minimum atomic E-state index is -0.960. The average Bonchev–Trinajstić information content (AvgIpc) is 2.31. The lowest BCUT2D eigenvalue weighted by Gasteiger charge is -2.08. The first-order valence-electron chi connectivity index (χ1n) is 5.33. The molecule has 18 heavy (non-hydrogen) atoms. The van der Waals surface area contributed by atoms with E-state index in [1.165, 1.54) is 12.1 Å². The molecular weight excluding hydrogens is 296 g/mol. The topological polar surface area (TPSA) is 46.5 Å². The molecule has 0 radical (unpaired) electrons. The van der Waals surface area contributed by atoms with Crippen LogP contribution in [0.5, 0.6) is 11.5 Å². The zero-order chi connectivity index (χ0) is 13.1. The van der Waals surface area contributed by atoms with Gasteiger partial charge in [0, 0.05) is 0 Å². The van der Waals surface area contributed by atoms with Gasteiger partial charge in [-0.05, 0) is 58.7 Å². The predicted octanol–water partition coefficient (Wildman–Crippen LogP) is 4.25. The molecule has 0 aliphatic carbocycles. The number of carbonyl (C=O) groups is 1. The van der Waals surface area contributed by atoms with Gasteiger partial charge in [0.25, 0.3) is 0 Å². The van der Waals surface area contributed by atoms with Gasteiger partial charge in [0.15, 0.2) is 0 Å². The maximum absolute atomic E-state index is 10.8. The Kier molecular flexibility index (Phi) is 3.67. The molecule has 2 aromatic rings. The van der Waals surface area contributed by atoms with Crippen LogP contribution >= 0.6 is 15.9 Å². The number of halogens is 1. The highest BCUT2D eigenvalue weighted by molar-refractivity contribution is 9.10. The van der Waals surface area contributed by atoms with Gasteiger partial charge in [-0.1, -0.05) is 12.1 Å². The van der Waals surface area contributed by atoms with E-state index >= 15 is 0 Å². The number of carboxylic acids is 1. The molecule has 0 saturated heterocycles. The Hall–Kier alpha value is -1.81. The molecule has 0 aromatic heterocycles. The van der Waals surface area contributed by atoms with Gasteiger partial charge >= 0.3 is 5.97 Å². The third kappa shape index (κ3) is 2.90. The molecule has 92 valence electrons. The number of aromatic carboxylic acids is 1. The van der Waals surface area contributed by atoms with E-state index in [1.807, 2.05) is 31.2 Å². The summed E-state index contributed by atoms with van der Waals surface area (Å²) in [4.78, 5) is 10.8. The van der Waals surface area contributed by atoms with Crippen molar-refractivity contribution in [2.24, 2.45) is 0 Å². The van der Waals surface area contributed by atoms with E-state index in [0.717, 1.165) is 11.3 Å². The van der Waals surface area contributed by atoms with Crippen molar-refractivity contribution in [2.45, 2.75) is 6.92 Å². The summed E-state index contributed by atoms with van der Waals surface area (Å²) in [5.74, 6) is 0.349. The zero-order valence-corrected chi connectivity index (χ0v) is 11.3. The lowest BCUT2D eigenvalue weighted by atomic mass is 10.2. The third-order valence-corrected chi connectivity index (χ3v) is 3.02. The van der Waals surface area contributed by atoms with Crippen molar-refractivity contribution in [3.8, 4) is 11.5 Å². The fourth-order valence-corrected chi connectivity index (χ4v) is 1.98. The Labute approximate surface area is 113 Å². The van der Waals surface area contributed by atoms with Crippen molar-refractivity contribution in [1.82, 2.24) is 0 Å². The Bertz CT molecular complexity index is 593. The van der Waals surface area contributed by atoms with Gasteiger partial charge in [-0.25, -0.2) is 4.79 Å². The normalized spacial score (nSPS) is 10.1. The minimum absolute atomic E-state index is 0.221. The first-order chi connectivity index (χ1) is 8.56. The molecule has 0 atom stereocenters. The van der Waals surface area contributed by atoms with Crippen LogP contribution in [0.1, 0.15) is 15.9 Å². The molecule has 0 unspecified atom stereocenters. The van der Waals surface area contributed by atoms with E-state index in [1.54, 1.807) is 6.07 Å². The number of benzene rings is 2. The number of hydrogen-bond acceptors (Lipinski definition) is 2. The van der Waals surface area contributed by atoms with E-state index in [0.29, 0.717) is 10.2 Å². The molecule has 0 aliphatic rings. The smallest absolute Gasteiger partial charge is 0.335 e. The van der Waals surface area contributed by atoms with Gasteiger partial charge < -0.3 is 9.84 Å². The third-order valence-electron chi connectivity index (χ3n) is 2.40. The average molecular weight is 307 g/mol. The highest BCUT2D eigenvalue weighted by Gasteiger charge is 2.08. The predicted molar refractivity (Wildman–Crippen MR) is 72.4 cm³/mol. The van der Waals surface area contributed by atoms with E-state index in [2.05, 4.69) is 15.9 Å². The quantitative estimate of drug-likeness (QED) is 0.922. The maximum Gasteiger partial charge on any atom is 0.335 e. The molecule has 0 amide bonds. The fourth-order valence-electron chi connectivity index (χ4n) is 1.52. The van der Waals surface area contributed by atoms with Gasteiger partial charge in [-0.3, -0.25) is 0 Å². The van der Waals surface area contributed by atoms with Gasteiger partial charge in [0.1, 0.15) is 11.5 Å². The Morgan fingerprint density at radius 1 is 1.22 bits per heavy atom. The van der Waals surface area contributed by atoms with Crippen molar-refractivity contribution in [1.29, 1.82) is 0 Å². The van der Waals surface area contributed by atoms with Crippen LogP contribution in [0.3, 0.4) is 0 Å². The number of carboxylic acid groups (broad SMARTS) is 1. The standard InChI is InChI=1S/C14H11BrO3/c1-9-3-2-4-11(7-9)18-13-6-5-10(14(16)17)8-12(13)15/h2-8H,1H3,(H,16,17). The lowest BCUT2D eigenvalue weighted by Crippen LogP contribution is -1.96. The number of rotatable bonds is 3. The number of aryl methyl sites for hydroxylation is 1. The lowest BCUT2D eigenvalue weighted by molar-refractivity contribution is 0.0697. The second kappa shape index (κ2) is 5.23. The summed E-state index contributed by atoms with van der Waals surface area (Å²) in [7, 11) is 0. The summed E-state index contributed by atoms with van der Waals surface area (Å²) in [6.07, 6.45) is 0. The molecule has 0 fully saturated rings. The molecule has 0 aliphatic heterocycles. The van der Waals surface area contributed by atoms with Crippen LogP contribution in [0.2, 0.25) is 0 Å². The SMILES string of the molecule is Cc1cccc(Oc2ccc(C(=O)O)cc2Br)c1. The Morgan fingerprint density at radius 2 is 2.00 bits per heavy atom. The summed E-state index contributed by atoms with van der Waals surface area (Å²) in [6.45, 7) is 1.98. The van der Waals surface area contributed by atoms with Gasteiger partial charge in [-0.2, -0.15) is 0 Å². The molecule has 0 bridgehead atoms. The van der Waals surface area contributed by atoms with Crippen LogP contribution in [0.25, 0.3) is 0 Å². The van der Waals surface area contributed by atoms with E-state index in [4.69, 9.17) is 9.84 Å². The molecule has 3 nitrogen and oxygen atoms in total. The zero-order valence-electron chi connectivity index (χ0n) is 9.68. The molecule has 4 heteroatoms. The van der Waals surface area contributed by atoms with Crippen molar-refractivity contribution in [3.63, 3.8) is 0 Å². The summed E-state index contributed by atoms with van der Waals surface area (Å²) < 4.78 is 6.30. The van der Waals surface area contributed by atoms with Crippen molar-refractivity contribution in [3.05, 3.63) is 58.1 Å². The van der Waals surface area contributed by atoms with E-state index in [-0.39, 0.29) is 5.56 Å². The fraction of sp³-hybridized carbons (Fsp3) is 0.0714. The molecule has 0 spiro atoms. The minimum Gasteiger partial charge on any atom is -0.478 e. The molecule has 0 saturated carbocycles. The van der Waals surface area contributed by atoms with Crippen molar-refractivity contribution >= 4 is 21.9 Å². The number of hydrogen-bond donors (Lipinski definition) is 1. The summed E-state index contributed by atoms with van der Waals surface area (Å²) in [6, 6.07) is 12.3. The second-order valence-corrected chi connectivity index (χ2v) is 4.72. The molecule has 0 heterocycles. The van der Waals surface area contributed by atoms with Crippen LogP contribution in [0.15, 0.2) is 46.9 Å². The monoisotopic (exact) mass is 306 g/mol.